The molecule has 0 bridgehead atoms. The maximum Gasteiger partial charge on any atom is 0.133 e. The molecule has 3 aromatic rings. The van der Waals surface area contributed by atoms with Crippen molar-refractivity contribution in [3.63, 3.8) is 0 Å². The molecule has 0 unspecified atom stereocenters. The number of rotatable bonds is 3. The summed E-state index contributed by atoms with van der Waals surface area (Å²) in [7, 11) is 0. The highest BCUT2D eigenvalue weighted by Gasteiger charge is 2.07. The Kier molecular flexibility index (Phi) is 3.17. The number of phenols is 1. The lowest BCUT2D eigenvalue weighted by Gasteiger charge is -2.06. The number of aryl methyl sites for hydroxylation is 1. The van der Waals surface area contributed by atoms with Gasteiger partial charge in [0.2, 0.25) is 0 Å². The van der Waals surface area contributed by atoms with Gasteiger partial charge in [0.25, 0.3) is 0 Å². The van der Waals surface area contributed by atoms with E-state index in [9.17, 15) is 5.11 Å². The first-order chi connectivity index (χ1) is 9.24. The van der Waals surface area contributed by atoms with Crippen molar-refractivity contribution < 1.29 is 9.63 Å². The number of aromatic hydroxyl groups is 1. The third-order valence-corrected chi connectivity index (χ3v) is 4.02. The molecule has 4 heteroatoms. The number of benzene rings is 2. The summed E-state index contributed by atoms with van der Waals surface area (Å²) >= 11 is 1.69. The molecule has 0 aliphatic rings. The van der Waals surface area contributed by atoms with Gasteiger partial charge in [-0.2, -0.15) is 0 Å². The smallest absolute Gasteiger partial charge is 0.133 e. The highest BCUT2D eigenvalue weighted by Crippen LogP contribution is 2.34. The lowest BCUT2D eigenvalue weighted by Crippen LogP contribution is -1.82. The Bertz CT molecular complexity index is 721. The van der Waals surface area contributed by atoms with E-state index in [0.717, 1.165) is 32.9 Å². The minimum atomic E-state index is 0.317. The van der Waals surface area contributed by atoms with E-state index in [1.54, 1.807) is 17.8 Å². The van der Waals surface area contributed by atoms with E-state index in [-0.39, 0.29) is 0 Å². The number of fused-ring (bicyclic) bond motifs is 1. The summed E-state index contributed by atoms with van der Waals surface area (Å²) in [6.45, 7) is 1.89. The molecule has 0 fully saturated rings. The molecular formula is C15H13NO2S. The fraction of sp³-hybridized carbons (Fsp3) is 0.133. The molecule has 3 rings (SSSR count). The van der Waals surface area contributed by atoms with Crippen molar-refractivity contribution in [3.8, 4) is 5.75 Å². The zero-order valence-electron chi connectivity index (χ0n) is 10.5. The van der Waals surface area contributed by atoms with E-state index in [2.05, 4.69) is 5.16 Å². The van der Waals surface area contributed by atoms with Gasteiger partial charge < -0.3 is 9.63 Å². The van der Waals surface area contributed by atoms with Gasteiger partial charge in [0.1, 0.15) is 11.5 Å². The minimum absolute atomic E-state index is 0.317. The number of phenolic OH excluding ortho intramolecular Hbond substituents is 1. The first-order valence-corrected chi connectivity index (χ1v) is 6.98. The fourth-order valence-electron chi connectivity index (χ4n) is 2.02. The average molecular weight is 271 g/mol. The molecule has 0 radical (unpaired) electrons. The molecule has 0 amide bonds. The fourth-order valence-corrected chi connectivity index (χ4v) is 2.96. The molecule has 96 valence electrons. The molecule has 0 aliphatic heterocycles. The number of hydrogen-bond donors (Lipinski definition) is 1. The summed E-state index contributed by atoms with van der Waals surface area (Å²) in [5.74, 6) is 1.90. The van der Waals surface area contributed by atoms with Crippen LogP contribution in [0.3, 0.4) is 0 Å². The Morgan fingerprint density at radius 3 is 2.68 bits per heavy atom. The molecule has 2 aromatic carbocycles. The van der Waals surface area contributed by atoms with Crippen LogP contribution in [0.1, 0.15) is 11.5 Å². The maximum atomic E-state index is 9.85. The molecule has 0 saturated heterocycles. The summed E-state index contributed by atoms with van der Waals surface area (Å²) in [5.41, 5.74) is 0.930. The van der Waals surface area contributed by atoms with Crippen molar-refractivity contribution in [2.45, 2.75) is 17.6 Å². The summed E-state index contributed by atoms with van der Waals surface area (Å²) in [4.78, 5) is 1.13. The molecule has 0 saturated carbocycles. The number of aromatic nitrogens is 1. The molecule has 1 N–H and O–H groups in total. The summed E-state index contributed by atoms with van der Waals surface area (Å²) in [6.07, 6.45) is 0. The van der Waals surface area contributed by atoms with Gasteiger partial charge in [0.15, 0.2) is 0 Å². The SMILES string of the molecule is Cc1cc(CSc2ccc(O)c3ccccc23)no1. The standard InChI is InChI=1S/C15H13NO2S/c1-10-8-11(16-18-10)9-19-15-7-6-14(17)12-4-2-3-5-13(12)15/h2-8,17H,9H2,1H3. The largest absolute Gasteiger partial charge is 0.507 e. The third kappa shape index (κ3) is 2.44. The Morgan fingerprint density at radius 2 is 1.95 bits per heavy atom. The summed E-state index contributed by atoms with van der Waals surface area (Å²) in [5, 5.41) is 15.8. The molecule has 1 aromatic heterocycles. The molecule has 19 heavy (non-hydrogen) atoms. The third-order valence-electron chi connectivity index (χ3n) is 2.91. The van der Waals surface area contributed by atoms with Crippen LogP contribution >= 0.6 is 11.8 Å². The zero-order valence-corrected chi connectivity index (χ0v) is 11.3. The van der Waals surface area contributed by atoms with Crippen LogP contribution in [0.2, 0.25) is 0 Å². The van der Waals surface area contributed by atoms with Crippen LogP contribution in [0.5, 0.6) is 5.75 Å². The highest BCUT2D eigenvalue weighted by atomic mass is 32.2. The van der Waals surface area contributed by atoms with E-state index in [1.807, 2.05) is 43.3 Å². The van der Waals surface area contributed by atoms with Gasteiger partial charge in [-0.15, -0.1) is 11.8 Å². The Morgan fingerprint density at radius 1 is 1.16 bits per heavy atom. The van der Waals surface area contributed by atoms with Crippen molar-refractivity contribution in [3.05, 3.63) is 53.9 Å². The lowest BCUT2D eigenvalue weighted by molar-refractivity contribution is 0.393. The number of hydrogen-bond acceptors (Lipinski definition) is 4. The van der Waals surface area contributed by atoms with Crippen LogP contribution in [0, 0.1) is 6.92 Å². The molecule has 1 heterocycles. The van der Waals surface area contributed by atoms with Gasteiger partial charge in [-0.3, -0.25) is 0 Å². The number of thioether (sulfide) groups is 1. The number of nitrogens with zero attached hydrogens (tertiary/aromatic N) is 1. The highest BCUT2D eigenvalue weighted by molar-refractivity contribution is 7.98. The molecule has 3 nitrogen and oxygen atoms in total. The first-order valence-electron chi connectivity index (χ1n) is 6.00. The van der Waals surface area contributed by atoms with Crippen molar-refractivity contribution >= 4 is 22.5 Å². The van der Waals surface area contributed by atoms with Gasteiger partial charge in [-0.05, 0) is 24.4 Å². The molecule has 0 aliphatic carbocycles. The Balaban J connectivity index is 1.91. The van der Waals surface area contributed by atoms with E-state index in [1.165, 1.54) is 0 Å². The summed E-state index contributed by atoms with van der Waals surface area (Å²) < 4.78 is 5.06. The zero-order chi connectivity index (χ0) is 13.2. The maximum absolute atomic E-state index is 9.85. The van der Waals surface area contributed by atoms with Crippen LogP contribution < -0.4 is 0 Å². The van der Waals surface area contributed by atoms with Crippen LogP contribution in [-0.4, -0.2) is 10.3 Å². The van der Waals surface area contributed by atoms with Crippen LogP contribution in [0.25, 0.3) is 10.8 Å². The molecule has 0 atom stereocenters. The van der Waals surface area contributed by atoms with Gasteiger partial charge in [0.05, 0.1) is 5.69 Å². The van der Waals surface area contributed by atoms with Gasteiger partial charge in [-0.1, -0.05) is 29.4 Å². The lowest BCUT2D eigenvalue weighted by atomic mass is 10.1. The molecular weight excluding hydrogens is 258 g/mol. The van der Waals surface area contributed by atoms with Gasteiger partial charge >= 0.3 is 0 Å². The quantitative estimate of drug-likeness (QED) is 0.727. The second-order valence-electron chi connectivity index (χ2n) is 4.35. The monoisotopic (exact) mass is 271 g/mol. The van der Waals surface area contributed by atoms with Gasteiger partial charge in [-0.25, -0.2) is 0 Å². The molecule has 0 spiro atoms. The summed E-state index contributed by atoms with van der Waals surface area (Å²) in [6, 6.07) is 13.5. The van der Waals surface area contributed by atoms with E-state index in [4.69, 9.17) is 4.52 Å². The average Bonchev–Trinajstić information content (AvgIpc) is 2.84. The van der Waals surface area contributed by atoms with Crippen molar-refractivity contribution in [1.29, 1.82) is 0 Å². The van der Waals surface area contributed by atoms with Crippen molar-refractivity contribution in [2.24, 2.45) is 0 Å². The van der Waals surface area contributed by atoms with Crippen LogP contribution in [0.15, 0.2) is 51.9 Å². The second-order valence-corrected chi connectivity index (χ2v) is 5.36. The van der Waals surface area contributed by atoms with Gasteiger partial charge in [0, 0.05) is 22.1 Å². The van der Waals surface area contributed by atoms with E-state index in [0.29, 0.717) is 5.75 Å². The predicted octanol–water partition coefficient (Wildman–Crippen LogP) is 4.13. The van der Waals surface area contributed by atoms with Crippen molar-refractivity contribution in [2.75, 3.05) is 0 Å². The van der Waals surface area contributed by atoms with Crippen LogP contribution in [0.4, 0.5) is 0 Å². The predicted molar refractivity (Wildman–Crippen MR) is 76.4 cm³/mol. The first kappa shape index (κ1) is 12.1. The van der Waals surface area contributed by atoms with E-state index < -0.39 is 0 Å². The van der Waals surface area contributed by atoms with E-state index >= 15 is 0 Å². The minimum Gasteiger partial charge on any atom is -0.507 e. The Labute approximate surface area is 115 Å². The van der Waals surface area contributed by atoms with Crippen LogP contribution in [-0.2, 0) is 5.75 Å². The topological polar surface area (TPSA) is 46.3 Å². The Hall–Kier alpha value is -1.94. The van der Waals surface area contributed by atoms with Crippen molar-refractivity contribution in [1.82, 2.24) is 5.16 Å². The second kappa shape index (κ2) is 4.97. The normalized spacial score (nSPS) is 11.0.